The van der Waals surface area contributed by atoms with Crippen molar-refractivity contribution in [3.8, 4) is 0 Å². The highest BCUT2D eigenvalue weighted by Gasteiger charge is 2.30. The number of nitrogens with one attached hydrogen (secondary N) is 1. The Kier molecular flexibility index (Phi) is 5.10. The third kappa shape index (κ3) is 4.62. The highest BCUT2D eigenvalue weighted by Crippen LogP contribution is 2.19. The molecule has 1 fully saturated rings. The van der Waals surface area contributed by atoms with Crippen molar-refractivity contribution in [2.75, 3.05) is 13.7 Å². The van der Waals surface area contributed by atoms with Crippen LogP contribution in [0.15, 0.2) is 0 Å². The van der Waals surface area contributed by atoms with Crippen LogP contribution in [0.2, 0.25) is 0 Å². The minimum atomic E-state index is -0.940. The smallest absolute Gasteiger partial charge is 0.332 e. The number of amides is 1. The van der Waals surface area contributed by atoms with Crippen LogP contribution in [0, 0.1) is 0 Å². The number of hydrogen-bond acceptors (Lipinski definition) is 4. The molecule has 2 N–H and O–H groups in total. The van der Waals surface area contributed by atoms with Gasteiger partial charge >= 0.3 is 5.97 Å². The van der Waals surface area contributed by atoms with Crippen molar-refractivity contribution in [2.24, 2.45) is 0 Å². The van der Waals surface area contributed by atoms with E-state index < -0.39 is 17.7 Å². The second kappa shape index (κ2) is 6.15. The molecule has 2 unspecified atom stereocenters. The lowest BCUT2D eigenvalue weighted by Gasteiger charge is -2.22. The van der Waals surface area contributed by atoms with E-state index in [1.54, 1.807) is 7.11 Å². The van der Waals surface area contributed by atoms with E-state index >= 15 is 0 Å². The van der Waals surface area contributed by atoms with Gasteiger partial charge < -0.3 is 19.9 Å². The second-order valence-electron chi connectivity index (χ2n) is 5.11. The largest absolute Gasteiger partial charge is 0.479 e. The minimum absolute atomic E-state index is 0.121. The van der Waals surface area contributed by atoms with Crippen molar-refractivity contribution in [3.05, 3.63) is 0 Å². The summed E-state index contributed by atoms with van der Waals surface area (Å²) in [4.78, 5) is 22.3. The molecule has 6 nitrogen and oxygen atoms in total. The highest BCUT2D eigenvalue weighted by atomic mass is 16.5. The average molecular weight is 259 g/mol. The quantitative estimate of drug-likeness (QED) is 0.727. The molecule has 1 heterocycles. The SMILES string of the molecule is COC(C)(C)CC(=O)NCC1CCC(C(=O)O)O1. The Balaban J connectivity index is 2.26. The van der Waals surface area contributed by atoms with Gasteiger partial charge in [-0.3, -0.25) is 4.79 Å². The zero-order valence-corrected chi connectivity index (χ0v) is 11.1. The van der Waals surface area contributed by atoms with Crippen molar-refractivity contribution in [2.45, 2.75) is 50.9 Å². The van der Waals surface area contributed by atoms with Crippen LogP contribution in [0.1, 0.15) is 33.1 Å². The monoisotopic (exact) mass is 259 g/mol. The molecule has 2 atom stereocenters. The average Bonchev–Trinajstić information content (AvgIpc) is 2.74. The summed E-state index contributed by atoms with van der Waals surface area (Å²) < 4.78 is 10.4. The molecule has 6 heteroatoms. The van der Waals surface area contributed by atoms with Crippen molar-refractivity contribution < 1.29 is 24.2 Å². The van der Waals surface area contributed by atoms with Crippen LogP contribution >= 0.6 is 0 Å². The zero-order chi connectivity index (χ0) is 13.8. The standard InChI is InChI=1S/C12H21NO5/c1-12(2,17-3)6-10(14)13-7-8-4-5-9(18-8)11(15)16/h8-9H,4-7H2,1-3H3,(H,13,14)(H,15,16). The van der Waals surface area contributed by atoms with Gasteiger partial charge in [0.2, 0.25) is 5.91 Å². The Morgan fingerprint density at radius 1 is 1.44 bits per heavy atom. The number of hydrogen-bond donors (Lipinski definition) is 2. The number of carbonyl (C=O) groups excluding carboxylic acids is 1. The maximum Gasteiger partial charge on any atom is 0.332 e. The van der Waals surface area contributed by atoms with Crippen molar-refractivity contribution >= 4 is 11.9 Å². The van der Waals surface area contributed by atoms with Crippen molar-refractivity contribution in [3.63, 3.8) is 0 Å². The Labute approximate surface area is 107 Å². The molecule has 1 aliphatic heterocycles. The number of methoxy groups -OCH3 is 1. The molecule has 0 aromatic carbocycles. The summed E-state index contributed by atoms with van der Waals surface area (Å²) in [6.45, 7) is 4.01. The summed E-state index contributed by atoms with van der Waals surface area (Å²) in [5.74, 6) is -1.06. The molecule has 1 saturated heterocycles. The van der Waals surface area contributed by atoms with E-state index in [4.69, 9.17) is 14.6 Å². The number of aliphatic carboxylic acids is 1. The van der Waals surface area contributed by atoms with Crippen LogP contribution in [-0.2, 0) is 19.1 Å². The lowest BCUT2D eigenvalue weighted by atomic mass is 10.0. The van der Waals surface area contributed by atoms with E-state index in [9.17, 15) is 9.59 Å². The first-order chi connectivity index (χ1) is 8.34. The maximum atomic E-state index is 11.6. The van der Waals surface area contributed by atoms with E-state index in [0.717, 1.165) is 0 Å². The summed E-state index contributed by atoms with van der Waals surface area (Å²) in [7, 11) is 1.56. The van der Waals surface area contributed by atoms with Gasteiger partial charge in [-0.05, 0) is 26.7 Å². The molecule has 104 valence electrons. The fraction of sp³-hybridized carbons (Fsp3) is 0.833. The predicted octanol–water partition coefficient (Wildman–Crippen LogP) is 0.550. The summed E-state index contributed by atoms with van der Waals surface area (Å²) in [5, 5.41) is 11.5. The summed E-state index contributed by atoms with van der Waals surface area (Å²) in [6.07, 6.45) is 0.478. The third-order valence-corrected chi connectivity index (χ3v) is 3.05. The van der Waals surface area contributed by atoms with Crippen LogP contribution in [0.25, 0.3) is 0 Å². The van der Waals surface area contributed by atoms with Crippen LogP contribution < -0.4 is 5.32 Å². The number of ether oxygens (including phenoxy) is 2. The summed E-state index contributed by atoms with van der Waals surface area (Å²) in [5.41, 5.74) is -0.496. The topological polar surface area (TPSA) is 84.9 Å². The van der Waals surface area contributed by atoms with Gasteiger partial charge in [-0.15, -0.1) is 0 Å². The predicted molar refractivity (Wildman–Crippen MR) is 64.2 cm³/mol. The van der Waals surface area contributed by atoms with Crippen molar-refractivity contribution in [1.29, 1.82) is 0 Å². The molecule has 1 rings (SSSR count). The van der Waals surface area contributed by atoms with Gasteiger partial charge in [0.15, 0.2) is 6.10 Å². The molecular formula is C12H21NO5. The fourth-order valence-electron chi connectivity index (χ4n) is 1.79. The molecule has 1 amide bonds. The van der Waals surface area contributed by atoms with Gasteiger partial charge in [-0.2, -0.15) is 0 Å². The van der Waals surface area contributed by atoms with E-state index in [-0.39, 0.29) is 18.4 Å². The Bertz CT molecular complexity index is 316. The van der Waals surface area contributed by atoms with Gasteiger partial charge in [0.05, 0.1) is 18.1 Å². The first kappa shape index (κ1) is 14.9. The molecule has 0 aliphatic carbocycles. The number of carboxylic acid groups (broad SMARTS) is 1. The first-order valence-corrected chi connectivity index (χ1v) is 6.04. The molecule has 0 aromatic heterocycles. The van der Waals surface area contributed by atoms with Gasteiger partial charge in [0.1, 0.15) is 0 Å². The summed E-state index contributed by atoms with van der Waals surface area (Å²) in [6, 6.07) is 0. The third-order valence-electron chi connectivity index (χ3n) is 3.05. The molecule has 1 aliphatic rings. The minimum Gasteiger partial charge on any atom is -0.479 e. The van der Waals surface area contributed by atoms with Gasteiger partial charge in [0, 0.05) is 13.7 Å². The number of carboxylic acids is 1. The molecular weight excluding hydrogens is 238 g/mol. The number of carbonyl (C=O) groups is 2. The van der Waals surface area contributed by atoms with E-state index in [0.29, 0.717) is 19.4 Å². The second-order valence-corrected chi connectivity index (χ2v) is 5.11. The van der Waals surface area contributed by atoms with Gasteiger partial charge in [-0.25, -0.2) is 4.79 Å². The summed E-state index contributed by atoms with van der Waals surface area (Å²) >= 11 is 0. The van der Waals surface area contributed by atoms with Crippen molar-refractivity contribution in [1.82, 2.24) is 5.32 Å². The number of rotatable bonds is 6. The molecule has 0 radical (unpaired) electrons. The van der Waals surface area contributed by atoms with Crippen LogP contribution in [0.5, 0.6) is 0 Å². The van der Waals surface area contributed by atoms with Gasteiger partial charge in [-0.1, -0.05) is 0 Å². The van der Waals surface area contributed by atoms with Gasteiger partial charge in [0.25, 0.3) is 0 Å². The lowest BCUT2D eigenvalue weighted by Crippen LogP contribution is -2.37. The molecule has 0 saturated carbocycles. The van der Waals surface area contributed by atoms with Crippen LogP contribution in [-0.4, -0.2) is 48.4 Å². The van der Waals surface area contributed by atoms with E-state index in [1.807, 2.05) is 13.8 Å². The Morgan fingerprint density at radius 3 is 2.61 bits per heavy atom. The zero-order valence-electron chi connectivity index (χ0n) is 11.1. The first-order valence-electron chi connectivity index (χ1n) is 6.04. The van der Waals surface area contributed by atoms with E-state index in [2.05, 4.69) is 5.32 Å². The Hall–Kier alpha value is -1.14. The normalized spacial score (nSPS) is 23.9. The Morgan fingerprint density at radius 2 is 2.11 bits per heavy atom. The molecule has 0 spiro atoms. The fourth-order valence-corrected chi connectivity index (χ4v) is 1.79. The molecule has 18 heavy (non-hydrogen) atoms. The molecule has 0 bridgehead atoms. The lowest BCUT2D eigenvalue weighted by molar-refractivity contribution is -0.149. The van der Waals surface area contributed by atoms with E-state index in [1.165, 1.54) is 0 Å². The molecule has 0 aromatic rings. The maximum absolute atomic E-state index is 11.6. The van der Waals surface area contributed by atoms with Crippen LogP contribution in [0.4, 0.5) is 0 Å². The highest BCUT2D eigenvalue weighted by molar-refractivity contribution is 5.77. The van der Waals surface area contributed by atoms with Crippen LogP contribution in [0.3, 0.4) is 0 Å².